The maximum absolute atomic E-state index is 12.3. The van der Waals surface area contributed by atoms with Gasteiger partial charge in [-0.1, -0.05) is 0 Å². The normalized spacial score (nSPS) is 12.0. The molecule has 23 heavy (non-hydrogen) atoms. The monoisotopic (exact) mass is 322 g/mol. The van der Waals surface area contributed by atoms with Crippen LogP contribution in [0.5, 0.6) is 0 Å². The molecule has 0 aliphatic carbocycles. The Labute approximate surface area is 129 Å². The Hall–Kier alpha value is -3.24. The quantitative estimate of drug-likeness (QED) is 0.609. The molecule has 2 N–H and O–H groups in total. The molecule has 0 fully saturated rings. The summed E-state index contributed by atoms with van der Waals surface area (Å²) >= 11 is 0. The number of nitrogens with zero attached hydrogens (tertiary/aromatic N) is 5. The fourth-order valence-electron chi connectivity index (χ4n) is 2.11. The molecule has 0 aromatic carbocycles. The summed E-state index contributed by atoms with van der Waals surface area (Å²) in [5.74, 6) is -1.81. The number of amides is 1. The van der Waals surface area contributed by atoms with Crippen molar-refractivity contribution in [2.75, 3.05) is 5.32 Å². The van der Waals surface area contributed by atoms with Crippen molar-refractivity contribution in [2.24, 2.45) is 7.05 Å². The minimum absolute atomic E-state index is 0.0381. The van der Waals surface area contributed by atoms with Gasteiger partial charge in [0.15, 0.2) is 5.69 Å². The second-order valence-electron chi connectivity index (χ2n) is 4.82. The molecule has 11 nitrogen and oxygen atoms in total. The highest BCUT2D eigenvalue weighted by molar-refractivity contribution is 6.00. The molecule has 0 aliphatic heterocycles. The minimum atomic E-state index is -1.24. The summed E-state index contributed by atoms with van der Waals surface area (Å²) in [6.07, 6.45) is 2.28. The molecule has 11 heteroatoms. The highest BCUT2D eigenvalue weighted by Crippen LogP contribution is 2.21. The van der Waals surface area contributed by atoms with E-state index in [-0.39, 0.29) is 22.8 Å². The lowest BCUT2D eigenvalue weighted by Crippen LogP contribution is -2.26. The van der Waals surface area contributed by atoms with Crippen LogP contribution in [-0.4, -0.2) is 41.5 Å². The van der Waals surface area contributed by atoms with Gasteiger partial charge >= 0.3 is 11.7 Å². The average molecular weight is 322 g/mol. The maximum atomic E-state index is 12.3. The standard InChI is InChI=1S/C12H14N6O5/c1-6-9(18(22)23)5-14-17(6)7(2)11(19)15-8-4-13-16(3)10(8)12(20)21/h4-5,7H,1-3H3,(H,15,19)(H,20,21). The molecule has 1 unspecified atom stereocenters. The van der Waals surface area contributed by atoms with Crippen molar-refractivity contribution < 1.29 is 19.6 Å². The summed E-state index contributed by atoms with van der Waals surface area (Å²) in [6.45, 7) is 2.97. The lowest BCUT2D eigenvalue weighted by Gasteiger charge is -2.13. The van der Waals surface area contributed by atoms with E-state index in [9.17, 15) is 19.7 Å². The Morgan fingerprint density at radius 2 is 2.04 bits per heavy atom. The van der Waals surface area contributed by atoms with Gasteiger partial charge in [0.25, 0.3) is 0 Å². The fourth-order valence-corrected chi connectivity index (χ4v) is 2.11. The van der Waals surface area contributed by atoms with Crippen LogP contribution < -0.4 is 5.32 Å². The van der Waals surface area contributed by atoms with Crippen molar-refractivity contribution in [1.29, 1.82) is 0 Å². The molecule has 122 valence electrons. The molecule has 2 rings (SSSR count). The number of aromatic carboxylic acids is 1. The van der Waals surface area contributed by atoms with Crippen LogP contribution in [0.4, 0.5) is 11.4 Å². The molecule has 0 bridgehead atoms. The molecule has 2 aromatic rings. The summed E-state index contributed by atoms with van der Waals surface area (Å²) in [4.78, 5) is 33.6. The predicted octanol–water partition coefficient (Wildman–Crippen LogP) is 0.731. The number of carbonyl (C=O) groups is 2. The molecule has 2 aromatic heterocycles. The van der Waals surface area contributed by atoms with Crippen LogP contribution in [0.3, 0.4) is 0 Å². The Bertz CT molecular complexity index is 792. The second-order valence-corrected chi connectivity index (χ2v) is 4.82. The SMILES string of the molecule is Cc1c([N+](=O)[O-])cnn1C(C)C(=O)Nc1cnn(C)c1C(=O)O. The van der Waals surface area contributed by atoms with Gasteiger partial charge in [0, 0.05) is 7.05 Å². The van der Waals surface area contributed by atoms with Gasteiger partial charge in [0.05, 0.1) is 16.8 Å². The number of carbonyl (C=O) groups excluding carboxylic acids is 1. The van der Waals surface area contributed by atoms with E-state index in [2.05, 4.69) is 15.5 Å². The Morgan fingerprint density at radius 1 is 1.39 bits per heavy atom. The number of carboxylic acid groups (broad SMARTS) is 1. The molecular formula is C12H14N6O5. The number of hydrogen-bond donors (Lipinski definition) is 2. The topological polar surface area (TPSA) is 145 Å². The van der Waals surface area contributed by atoms with Crippen molar-refractivity contribution in [2.45, 2.75) is 19.9 Å². The van der Waals surface area contributed by atoms with Crippen LogP contribution in [0.25, 0.3) is 0 Å². The average Bonchev–Trinajstić information content (AvgIpc) is 3.01. The zero-order valence-electron chi connectivity index (χ0n) is 12.5. The van der Waals surface area contributed by atoms with E-state index in [1.54, 1.807) is 0 Å². The van der Waals surface area contributed by atoms with E-state index in [1.807, 2.05) is 0 Å². The van der Waals surface area contributed by atoms with Crippen molar-refractivity contribution in [3.63, 3.8) is 0 Å². The number of aryl methyl sites for hydroxylation is 1. The van der Waals surface area contributed by atoms with Gasteiger partial charge in [-0.25, -0.2) is 4.79 Å². The number of aromatic nitrogens is 4. The second kappa shape index (κ2) is 5.87. The minimum Gasteiger partial charge on any atom is -0.476 e. The lowest BCUT2D eigenvalue weighted by molar-refractivity contribution is -0.385. The van der Waals surface area contributed by atoms with Gasteiger partial charge in [-0.15, -0.1) is 0 Å². The first-order valence-corrected chi connectivity index (χ1v) is 6.48. The van der Waals surface area contributed by atoms with Gasteiger partial charge in [0.2, 0.25) is 5.91 Å². The first-order valence-electron chi connectivity index (χ1n) is 6.48. The number of hydrogen-bond acceptors (Lipinski definition) is 6. The van der Waals surface area contributed by atoms with Gasteiger partial charge in [0.1, 0.15) is 17.9 Å². The summed E-state index contributed by atoms with van der Waals surface area (Å²) in [5, 5.41) is 30.0. The number of anilines is 1. The van der Waals surface area contributed by atoms with Crippen molar-refractivity contribution in [3.05, 3.63) is 33.9 Å². The zero-order valence-corrected chi connectivity index (χ0v) is 12.5. The van der Waals surface area contributed by atoms with E-state index in [0.717, 1.165) is 10.9 Å². The molecule has 2 heterocycles. The van der Waals surface area contributed by atoms with Gasteiger partial charge < -0.3 is 10.4 Å². The van der Waals surface area contributed by atoms with Gasteiger partial charge in [-0.3, -0.25) is 24.3 Å². The first-order chi connectivity index (χ1) is 10.7. The number of nitrogens with one attached hydrogen (secondary N) is 1. The molecule has 0 spiro atoms. The molecule has 1 amide bonds. The van der Waals surface area contributed by atoms with Crippen molar-refractivity contribution in [1.82, 2.24) is 19.6 Å². The van der Waals surface area contributed by atoms with Crippen LogP contribution >= 0.6 is 0 Å². The summed E-state index contributed by atoms with van der Waals surface area (Å²) in [7, 11) is 1.43. The van der Waals surface area contributed by atoms with E-state index < -0.39 is 22.8 Å². The van der Waals surface area contributed by atoms with Crippen LogP contribution in [0.1, 0.15) is 29.1 Å². The highest BCUT2D eigenvalue weighted by atomic mass is 16.6. The third-order valence-corrected chi connectivity index (χ3v) is 3.36. The molecule has 0 radical (unpaired) electrons. The first kappa shape index (κ1) is 16.1. The third kappa shape index (κ3) is 2.88. The van der Waals surface area contributed by atoms with Crippen LogP contribution in [0, 0.1) is 17.0 Å². The molecule has 1 atom stereocenters. The molecule has 0 aliphatic rings. The van der Waals surface area contributed by atoms with Gasteiger partial charge in [-0.05, 0) is 13.8 Å². The molecule has 0 saturated carbocycles. The summed E-state index contributed by atoms with van der Waals surface area (Å²) < 4.78 is 2.32. The molecule has 0 saturated heterocycles. The maximum Gasteiger partial charge on any atom is 0.356 e. The highest BCUT2D eigenvalue weighted by Gasteiger charge is 2.25. The summed E-state index contributed by atoms with van der Waals surface area (Å²) in [5.41, 5.74) is -0.107. The zero-order chi connectivity index (χ0) is 17.3. The Kier molecular flexibility index (Phi) is 4.12. The number of nitro groups is 1. The van der Waals surface area contributed by atoms with E-state index >= 15 is 0 Å². The largest absolute Gasteiger partial charge is 0.476 e. The molecular weight excluding hydrogens is 308 g/mol. The predicted molar refractivity (Wildman–Crippen MR) is 77.1 cm³/mol. The Balaban J connectivity index is 2.25. The smallest absolute Gasteiger partial charge is 0.356 e. The van der Waals surface area contributed by atoms with Crippen LogP contribution in [-0.2, 0) is 11.8 Å². The third-order valence-electron chi connectivity index (χ3n) is 3.36. The Morgan fingerprint density at radius 3 is 2.57 bits per heavy atom. The van der Waals surface area contributed by atoms with Crippen LogP contribution in [0.2, 0.25) is 0 Å². The fraction of sp³-hybridized carbons (Fsp3) is 0.333. The van der Waals surface area contributed by atoms with E-state index in [0.29, 0.717) is 0 Å². The van der Waals surface area contributed by atoms with Crippen LogP contribution in [0.15, 0.2) is 12.4 Å². The number of carboxylic acids is 1. The van der Waals surface area contributed by atoms with E-state index in [1.165, 1.54) is 31.8 Å². The lowest BCUT2D eigenvalue weighted by atomic mass is 10.2. The van der Waals surface area contributed by atoms with E-state index in [4.69, 9.17) is 5.11 Å². The van der Waals surface area contributed by atoms with Crippen molar-refractivity contribution in [3.8, 4) is 0 Å². The summed E-state index contributed by atoms with van der Waals surface area (Å²) in [6, 6.07) is -0.870. The van der Waals surface area contributed by atoms with Gasteiger partial charge in [-0.2, -0.15) is 10.2 Å². The number of rotatable bonds is 5. The van der Waals surface area contributed by atoms with Crippen molar-refractivity contribution >= 4 is 23.3 Å².